The molecule has 5 aliphatic rings. The van der Waals surface area contributed by atoms with Gasteiger partial charge in [-0.2, -0.15) is 18.3 Å². The molecule has 0 unspecified atom stereocenters. The van der Waals surface area contributed by atoms with E-state index < -0.39 is 0 Å². The molecule has 0 amide bonds. The van der Waals surface area contributed by atoms with E-state index in [1.165, 1.54) is 0 Å². The van der Waals surface area contributed by atoms with Crippen LogP contribution in [0.4, 0.5) is 11.4 Å². The molecule has 52 heavy (non-hydrogen) atoms. The summed E-state index contributed by atoms with van der Waals surface area (Å²) in [6.07, 6.45) is 43.7. The molecule has 0 spiro atoms. The standard InChI is InChI=1S/C44H40N8/c1-45-21-13-33(14-22-45)49-37-5-6-38(49)30-40-8-10-42(51(40)35-17-25-47(3)26-18-35)32-44-12-11-43(52(44)36-19-27-48(4)28-20-36)31-41-9-7-39(29-37)50(41)34-15-23-46(2)24-16-34/h5-32H,1-4H3/q+6. The Kier molecular flexibility index (Phi) is 7.51. The van der Waals surface area contributed by atoms with Gasteiger partial charge in [-0.05, 0) is 0 Å². The molecular weight excluding hydrogens is 641 g/mol. The van der Waals surface area contributed by atoms with Crippen molar-refractivity contribution >= 4 is 22.8 Å². The molecule has 0 aliphatic carbocycles. The van der Waals surface area contributed by atoms with Crippen LogP contribution in [-0.4, -0.2) is 29.7 Å². The minimum absolute atomic E-state index is 1.08. The molecule has 8 bridgehead atoms. The van der Waals surface area contributed by atoms with Crippen molar-refractivity contribution in [3.63, 3.8) is 0 Å². The highest BCUT2D eigenvalue weighted by Crippen LogP contribution is 2.29. The van der Waals surface area contributed by atoms with Gasteiger partial charge in [-0.15, -0.1) is 0 Å². The molecule has 0 atom stereocenters. The van der Waals surface area contributed by atoms with Crippen molar-refractivity contribution in [3.05, 3.63) is 216 Å². The Bertz CT molecular complexity index is 2680. The molecule has 8 heteroatoms. The first-order valence-corrected chi connectivity index (χ1v) is 17.5. The monoisotopic (exact) mass is 680 g/mol. The van der Waals surface area contributed by atoms with E-state index in [9.17, 15) is 0 Å². The predicted octanol–water partition coefficient (Wildman–Crippen LogP) is 3.87. The fourth-order valence-corrected chi connectivity index (χ4v) is 7.14. The zero-order valence-corrected chi connectivity index (χ0v) is 29.7. The third kappa shape index (κ3) is 5.60. The molecular formula is C44H40N8+6. The molecule has 0 N–H and O–H groups in total. The Morgan fingerprint density at radius 1 is 0.385 bits per heavy atom. The summed E-state index contributed by atoms with van der Waals surface area (Å²) in [7, 11) is 8.21. The van der Waals surface area contributed by atoms with E-state index in [0.29, 0.717) is 0 Å². The van der Waals surface area contributed by atoms with Crippen LogP contribution in [0.15, 0.2) is 205 Å². The fourth-order valence-electron chi connectivity index (χ4n) is 7.14. The first-order valence-electron chi connectivity index (χ1n) is 17.5. The third-order valence-electron chi connectivity index (χ3n) is 9.82. The van der Waals surface area contributed by atoms with Crippen molar-refractivity contribution in [2.24, 2.45) is 28.2 Å². The minimum Gasteiger partial charge on any atom is -0.357 e. The number of nitrogens with zero attached hydrogens (tertiary/aromatic N) is 8. The number of hydrogen-bond acceptors (Lipinski definition) is 0. The summed E-state index contributed by atoms with van der Waals surface area (Å²) in [5.41, 5.74) is 10.8. The lowest BCUT2D eigenvalue weighted by Crippen LogP contribution is -2.28. The molecule has 0 fully saturated rings. The average molecular weight is 681 g/mol. The SMILES string of the molecule is Cn1ccc(=[N+]2C3=CC=C2C=C2C=CC(=CC4=[N+](c5cc[n+](C)cc5)C(=CC5=[N+](c6cc[n+](C)cc6)C(=C3)C=C5)C=C4)[N+]2=c2ccn(C)cc2)cc1. The Hall–Kier alpha value is -6.80. The smallest absolute Gasteiger partial charge is 0.223 e. The number of rotatable bonds is 2. The van der Waals surface area contributed by atoms with E-state index in [-0.39, 0.29) is 0 Å². The molecule has 9 rings (SSSR count). The number of hydrogen-bond donors (Lipinski definition) is 0. The molecule has 4 aromatic heterocycles. The van der Waals surface area contributed by atoms with Gasteiger partial charge in [-0.3, -0.25) is 0 Å². The summed E-state index contributed by atoms with van der Waals surface area (Å²) < 4.78 is 17.6. The van der Waals surface area contributed by atoms with E-state index in [1.54, 1.807) is 0 Å². The summed E-state index contributed by atoms with van der Waals surface area (Å²) in [4.78, 5) is 0. The fraction of sp³-hybridized carbons (Fsp3) is 0.0909. The van der Waals surface area contributed by atoms with E-state index in [2.05, 4.69) is 236 Å². The summed E-state index contributed by atoms with van der Waals surface area (Å²) in [6, 6.07) is 17.4. The van der Waals surface area contributed by atoms with Crippen LogP contribution in [0.1, 0.15) is 0 Å². The van der Waals surface area contributed by atoms with Crippen molar-refractivity contribution in [2.75, 3.05) is 0 Å². The van der Waals surface area contributed by atoms with Crippen LogP contribution in [0, 0.1) is 0 Å². The zero-order chi connectivity index (χ0) is 35.3. The molecule has 5 aliphatic heterocycles. The lowest BCUT2D eigenvalue weighted by molar-refractivity contribution is -0.672. The van der Waals surface area contributed by atoms with Gasteiger partial charge in [0.25, 0.3) is 0 Å². The second kappa shape index (κ2) is 12.5. The number of allylic oxidation sites excluding steroid dienone is 12. The number of aryl methyl sites for hydroxylation is 4. The molecule has 4 aromatic rings. The molecule has 0 aromatic carbocycles. The predicted molar refractivity (Wildman–Crippen MR) is 202 cm³/mol. The molecule has 0 saturated carbocycles. The van der Waals surface area contributed by atoms with Crippen molar-refractivity contribution in [2.45, 2.75) is 0 Å². The van der Waals surface area contributed by atoms with Gasteiger partial charge < -0.3 is 9.13 Å². The van der Waals surface area contributed by atoms with Gasteiger partial charge in [0, 0.05) is 112 Å². The van der Waals surface area contributed by atoms with E-state index in [4.69, 9.17) is 0 Å². The second-order valence-corrected chi connectivity index (χ2v) is 13.5. The van der Waals surface area contributed by atoms with Crippen LogP contribution in [0.3, 0.4) is 0 Å². The number of pyridine rings is 4. The first-order chi connectivity index (χ1) is 25.4. The summed E-state index contributed by atoms with van der Waals surface area (Å²) >= 11 is 0. The Balaban J connectivity index is 1.36. The van der Waals surface area contributed by atoms with Gasteiger partial charge >= 0.3 is 0 Å². The van der Waals surface area contributed by atoms with Gasteiger partial charge in [0.1, 0.15) is 14.1 Å². The average Bonchev–Trinajstić information content (AvgIpc) is 3.94. The van der Waals surface area contributed by atoms with Gasteiger partial charge in [0.05, 0.1) is 48.6 Å². The summed E-state index contributed by atoms with van der Waals surface area (Å²) in [5.74, 6) is 0. The first kappa shape index (κ1) is 31.2. The zero-order valence-electron chi connectivity index (χ0n) is 29.7. The topological polar surface area (TPSA) is 29.7 Å². The maximum Gasteiger partial charge on any atom is 0.223 e. The van der Waals surface area contributed by atoms with E-state index in [1.807, 2.05) is 0 Å². The highest BCUT2D eigenvalue weighted by atomic mass is 15.1. The number of aromatic nitrogens is 4. The molecule has 0 saturated heterocycles. The maximum absolute atomic E-state index is 2.34. The quantitative estimate of drug-likeness (QED) is 0.288. The van der Waals surface area contributed by atoms with Crippen molar-refractivity contribution < 1.29 is 18.3 Å². The van der Waals surface area contributed by atoms with Gasteiger partial charge in [-0.1, -0.05) is 0 Å². The summed E-state index contributed by atoms with van der Waals surface area (Å²) in [6.45, 7) is 0. The molecule has 0 radical (unpaired) electrons. The van der Waals surface area contributed by atoms with Crippen LogP contribution >= 0.6 is 0 Å². The third-order valence-corrected chi connectivity index (χ3v) is 9.82. The summed E-state index contributed by atoms with van der Waals surface area (Å²) in [5, 5.41) is 2.19. The van der Waals surface area contributed by atoms with Crippen molar-refractivity contribution in [1.82, 2.24) is 18.3 Å². The normalized spacial score (nSPS) is 17.5. The van der Waals surface area contributed by atoms with Crippen LogP contribution in [0.2, 0.25) is 0 Å². The lowest BCUT2D eigenvalue weighted by Gasteiger charge is -2.05. The highest BCUT2D eigenvalue weighted by Gasteiger charge is 2.36. The van der Waals surface area contributed by atoms with Gasteiger partial charge in [0.15, 0.2) is 24.8 Å². The van der Waals surface area contributed by atoms with Crippen molar-refractivity contribution in [3.8, 4) is 0 Å². The Morgan fingerprint density at radius 3 is 1.17 bits per heavy atom. The lowest BCUT2D eigenvalue weighted by atomic mass is 10.2. The van der Waals surface area contributed by atoms with Gasteiger partial charge in [0.2, 0.25) is 67.7 Å². The van der Waals surface area contributed by atoms with Gasteiger partial charge in [-0.25, -0.2) is 9.13 Å². The van der Waals surface area contributed by atoms with E-state index in [0.717, 1.165) is 67.7 Å². The highest BCUT2D eigenvalue weighted by molar-refractivity contribution is 6.06. The molecule has 9 heterocycles. The van der Waals surface area contributed by atoms with Crippen molar-refractivity contribution in [1.29, 1.82) is 0 Å². The number of fused-ring (bicyclic) bond motifs is 6. The maximum atomic E-state index is 2.34. The van der Waals surface area contributed by atoms with E-state index >= 15 is 0 Å². The van der Waals surface area contributed by atoms with Crippen LogP contribution in [0.5, 0.6) is 0 Å². The van der Waals surface area contributed by atoms with Crippen LogP contribution in [0.25, 0.3) is 0 Å². The Morgan fingerprint density at radius 2 is 0.731 bits per heavy atom. The minimum atomic E-state index is 1.08. The second-order valence-electron chi connectivity index (χ2n) is 13.5. The molecule has 8 nitrogen and oxygen atoms in total. The Labute approximate surface area is 302 Å². The van der Waals surface area contributed by atoms with Crippen LogP contribution in [-0.2, 0) is 28.2 Å². The molecule has 250 valence electrons. The largest absolute Gasteiger partial charge is 0.357 e. The van der Waals surface area contributed by atoms with Crippen LogP contribution < -0.4 is 29.0 Å².